The molecule has 0 bridgehead atoms. The van der Waals surface area contributed by atoms with Gasteiger partial charge in [0.15, 0.2) is 5.78 Å². The van der Waals surface area contributed by atoms with Crippen LogP contribution < -0.4 is 5.32 Å². The third kappa shape index (κ3) is 4.21. The molecule has 0 atom stereocenters. The van der Waals surface area contributed by atoms with Gasteiger partial charge >= 0.3 is 0 Å². The Morgan fingerprint density at radius 2 is 1.79 bits per heavy atom. The maximum absolute atomic E-state index is 12.6. The van der Waals surface area contributed by atoms with E-state index in [0.717, 1.165) is 18.7 Å². The van der Waals surface area contributed by atoms with Crippen LogP contribution in [0.15, 0.2) is 39.3 Å². The average Bonchev–Trinajstić information content (AvgIpc) is 2.98. The molecule has 1 aliphatic rings. The zero-order chi connectivity index (χ0) is 20.4. The summed E-state index contributed by atoms with van der Waals surface area (Å²) in [6.45, 7) is 6.02. The standard InChI is InChI=1S/C21H20Br2N2O3/c1-3-25(4-2)11-19(26)13-5-6-18-14(10-13)15(21(28)24-18)7-12-8-16(22)20(27)17(23)9-12/h5-10,27H,3-4,11H2,1-2H3,(H,24,28)/b15-7-. The molecule has 0 spiro atoms. The van der Waals surface area contributed by atoms with E-state index in [9.17, 15) is 14.7 Å². The van der Waals surface area contributed by atoms with E-state index in [0.29, 0.717) is 37.9 Å². The van der Waals surface area contributed by atoms with Crippen LogP contribution in [0.3, 0.4) is 0 Å². The van der Waals surface area contributed by atoms with Crippen LogP contribution >= 0.6 is 31.9 Å². The predicted molar refractivity (Wildman–Crippen MR) is 119 cm³/mol. The first-order chi connectivity index (χ1) is 13.3. The monoisotopic (exact) mass is 506 g/mol. The minimum Gasteiger partial charge on any atom is -0.506 e. The van der Waals surface area contributed by atoms with E-state index in [1.54, 1.807) is 36.4 Å². The molecule has 1 aliphatic heterocycles. The number of likely N-dealkylation sites (N-methyl/N-ethyl adjacent to an activating group) is 1. The fourth-order valence-electron chi connectivity index (χ4n) is 3.08. The molecule has 1 heterocycles. The summed E-state index contributed by atoms with van der Waals surface area (Å²) in [7, 11) is 0. The highest BCUT2D eigenvalue weighted by atomic mass is 79.9. The van der Waals surface area contributed by atoms with E-state index in [1.807, 2.05) is 13.8 Å². The Morgan fingerprint density at radius 1 is 1.14 bits per heavy atom. The predicted octanol–water partition coefficient (Wildman–Crippen LogP) is 4.93. The van der Waals surface area contributed by atoms with Gasteiger partial charge in [-0.3, -0.25) is 14.5 Å². The number of phenols is 1. The summed E-state index contributed by atoms with van der Waals surface area (Å²) in [5.41, 5.74) is 3.20. The van der Waals surface area contributed by atoms with Gasteiger partial charge in [0.2, 0.25) is 0 Å². The third-order valence-electron chi connectivity index (χ3n) is 4.74. The number of hydrogen-bond acceptors (Lipinski definition) is 4. The first-order valence-electron chi connectivity index (χ1n) is 8.95. The molecule has 7 heteroatoms. The number of nitrogens with zero attached hydrogens (tertiary/aromatic N) is 1. The van der Waals surface area contributed by atoms with E-state index in [-0.39, 0.29) is 17.4 Å². The molecule has 1 amide bonds. The summed E-state index contributed by atoms with van der Waals surface area (Å²) in [5.74, 6) is -0.0910. The van der Waals surface area contributed by atoms with Crippen LogP contribution in [0.5, 0.6) is 5.75 Å². The molecule has 28 heavy (non-hydrogen) atoms. The summed E-state index contributed by atoms with van der Waals surface area (Å²) >= 11 is 6.60. The Hall–Kier alpha value is -1.96. The van der Waals surface area contributed by atoms with Crippen molar-refractivity contribution in [3.63, 3.8) is 0 Å². The quantitative estimate of drug-likeness (QED) is 0.429. The van der Waals surface area contributed by atoms with Crippen LogP contribution in [-0.4, -0.2) is 41.3 Å². The molecule has 0 saturated heterocycles. The largest absolute Gasteiger partial charge is 0.506 e. The first kappa shape index (κ1) is 20.8. The lowest BCUT2D eigenvalue weighted by molar-refractivity contribution is -0.110. The highest BCUT2D eigenvalue weighted by Gasteiger charge is 2.25. The number of rotatable bonds is 6. The highest BCUT2D eigenvalue weighted by Crippen LogP contribution is 2.37. The van der Waals surface area contributed by atoms with Gasteiger partial charge in [0.1, 0.15) is 5.75 Å². The summed E-state index contributed by atoms with van der Waals surface area (Å²) in [4.78, 5) is 27.2. The van der Waals surface area contributed by atoms with Gasteiger partial charge in [-0.25, -0.2) is 0 Å². The smallest absolute Gasteiger partial charge is 0.256 e. The number of halogens is 2. The van der Waals surface area contributed by atoms with Crippen LogP contribution in [0.1, 0.15) is 35.3 Å². The summed E-state index contributed by atoms with van der Waals surface area (Å²) in [6, 6.07) is 8.75. The van der Waals surface area contributed by atoms with Crippen LogP contribution in [-0.2, 0) is 4.79 Å². The van der Waals surface area contributed by atoms with E-state index in [1.165, 1.54) is 0 Å². The number of anilines is 1. The number of nitrogens with one attached hydrogen (secondary N) is 1. The maximum Gasteiger partial charge on any atom is 0.256 e. The van der Waals surface area contributed by atoms with Gasteiger partial charge in [-0.05, 0) is 86.9 Å². The van der Waals surface area contributed by atoms with Crippen molar-refractivity contribution in [1.29, 1.82) is 0 Å². The Morgan fingerprint density at radius 3 is 2.39 bits per heavy atom. The van der Waals surface area contributed by atoms with Crippen LogP contribution in [0.4, 0.5) is 5.69 Å². The maximum atomic E-state index is 12.6. The fourth-order valence-corrected chi connectivity index (χ4v) is 4.30. The lowest BCUT2D eigenvalue weighted by atomic mass is 10.00. The van der Waals surface area contributed by atoms with Gasteiger partial charge in [-0.2, -0.15) is 0 Å². The molecule has 0 saturated carbocycles. The number of fused-ring (bicyclic) bond motifs is 1. The summed E-state index contributed by atoms with van der Waals surface area (Å²) in [5, 5.41) is 12.7. The van der Waals surface area contributed by atoms with E-state index in [2.05, 4.69) is 42.1 Å². The topological polar surface area (TPSA) is 69.6 Å². The molecule has 2 aromatic rings. The number of benzene rings is 2. The van der Waals surface area contributed by atoms with Crippen molar-refractivity contribution in [2.45, 2.75) is 13.8 Å². The van der Waals surface area contributed by atoms with Gasteiger partial charge in [0.05, 0.1) is 15.5 Å². The molecule has 0 unspecified atom stereocenters. The minimum absolute atomic E-state index is 0.0281. The van der Waals surface area contributed by atoms with E-state index < -0.39 is 0 Å². The highest BCUT2D eigenvalue weighted by molar-refractivity contribution is 9.11. The van der Waals surface area contributed by atoms with Crippen molar-refractivity contribution in [2.75, 3.05) is 25.0 Å². The number of carbonyl (C=O) groups excluding carboxylic acids is 2. The summed E-state index contributed by atoms with van der Waals surface area (Å²) < 4.78 is 1.05. The fraction of sp³-hybridized carbons (Fsp3) is 0.238. The van der Waals surface area contributed by atoms with Crippen molar-refractivity contribution >= 4 is 60.9 Å². The van der Waals surface area contributed by atoms with E-state index in [4.69, 9.17) is 0 Å². The van der Waals surface area contributed by atoms with Crippen LogP contribution in [0.2, 0.25) is 0 Å². The molecule has 5 nitrogen and oxygen atoms in total. The van der Waals surface area contributed by atoms with Crippen LogP contribution in [0, 0.1) is 0 Å². The lowest BCUT2D eigenvalue weighted by Crippen LogP contribution is -2.29. The first-order valence-corrected chi connectivity index (χ1v) is 10.5. The molecular formula is C21H20Br2N2O3. The van der Waals surface area contributed by atoms with Gasteiger partial charge in [0, 0.05) is 22.4 Å². The van der Waals surface area contributed by atoms with Crippen molar-refractivity contribution in [1.82, 2.24) is 4.90 Å². The van der Waals surface area contributed by atoms with E-state index >= 15 is 0 Å². The van der Waals surface area contributed by atoms with Crippen molar-refractivity contribution in [3.05, 3.63) is 56.0 Å². The van der Waals surface area contributed by atoms with Crippen molar-refractivity contribution in [2.24, 2.45) is 0 Å². The molecular weight excluding hydrogens is 488 g/mol. The Labute approximate surface area is 180 Å². The second-order valence-electron chi connectivity index (χ2n) is 6.49. The zero-order valence-electron chi connectivity index (χ0n) is 15.6. The number of hydrogen-bond donors (Lipinski definition) is 2. The molecule has 2 N–H and O–H groups in total. The SMILES string of the molecule is CCN(CC)CC(=O)c1ccc2c(c1)/C(=C/c1cc(Br)c(O)c(Br)c1)C(=O)N2. The second kappa shape index (κ2) is 8.59. The Balaban J connectivity index is 1.98. The number of ketones is 1. The van der Waals surface area contributed by atoms with Crippen molar-refractivity contribution < 1.29 is 14.7 Å². The molecule has 146 valence electrons. The van der Waals surface area contributed by atoms with Gasteiger partial charge in [-0.1, -0.05) is 13.8 Å². The normalized spacial score (nSPS) is 14.5. The zero-order valence-corrected chi connectivity index (χ0v) is 18.7. The number of carbonyl (C=O) groups is 2. The molecule has 0 radical (unpaired) electrons. The minimum atomic E-state index is -0.219. The average molecular weight is 508 g/mol. The lowest BCUT2D eigenvalue weighted by Gasteiger charge is -2.17. The third-order valence-corrected chi connectivity index (χ3v) is 5.95. The second-order valence-corrected chi connectivity index (χ2v) is 8.20. The van der Waals surface area contributed by atoms with Gasteiger partial charge in [-0.15, -0.1) is 0 Å². The number of Topliss-reactive ketones (excluding diaryl/α,β-unsaturated/α-hetero) is 1. The molecule has 2 aromatic carbocycles. The Kier molecular flexibility index (Phi) is 6.37. The van der Waals surface area contributed by atoms with Crippen LogP contribution in [0.25, 0.3) is 11.6 Å². The van der Waals surface area contributed by atoms with Gasteiger partial charge < -0.3 is 10.4 Å². The van der Waals surface area contributed by atoms with Gasteiger partial charge in [0.25, 0.3) is 5.91 Å². The molecule has 0 aromatic heterocycles. The van der Waals surface area contributed by atoms with Crippen molar-refractivity contribution in [3.8, 4) is 5.75 Å². The summed E-state index contributed by atoms with van der Waals surface area (Å²) in [6.07, 6.45) is 1.74. The molecule has 0 fully saturated rings. The molecule has 0 aliphatic carbocycles. The number of amides is 1. The number of aromatic hydroxyl groups is 1. The Bertz CT molecular complexity index is 959. The molecule has 3 rings (SSSR count). The number of phenolic OH excluding ortho intramolecular Hbond substituents is 1.